The molecule has 38 heavy (non-hydrogen) atoms. The van der Waals surface area contributed by atoms with E-state index in [1.54, 1.807) is 24.3 Å². The minimum atomic E-state index is -0.967. The van der Waals surface area contributed by atoms with Crippen LogP contribution in [0, 0.1) is 24.0 Å². The van der Waals surface area contributed by atoms with Crippen LogP contribution in [0.1, 0.15) is 33.5 Å². The van der Waals surface area contributed by atoms with Gasteiger partial charge in [0.15, 0.2) is 5.13 Å². The third-order valence-corrected chi connectivity index (χ3v) is 6.94. The smallest absolute Gasteiger partial charge is 0.305 e. The van der Waals surface area contributed by atoms with Gasteiger partial charge in [0.25, 0.3) is 11.6 Å². The lowest BCUT2D eigenvalue weighted by Gasteiger charge is -2.23. The Kier molecular flexibility index (Phi) is 8.12. The summed E-state index contributed by atoms with van der Waals surface area (Å²) in [7, 11) is 0. The summed E-state index contributed by atoms with van der Waals surface area (Å²) in [6.45, 7) is 4.67. The van der Waals surface area contributed by atoms with Gasteiger partial charge in [-0.3, -0.25) is 19.7 Å². The molecule has 4 aromatic rings. The first-order valence-corrected chi connectivity index (χ1v) is 12.7. The number of hydrogen-bond donors (Lipinski definition) is 2. The van der Waals surface area contributed by atoms with Crippen LogP contribution in [0.15, 0.2) is 72.1 Å². The number of carbonyl (C=O) groups excluding carboxylic acids is 1. The lowest BCUT2D eigenvalue weighted by molar-refractivity contribution is -0.384. The van der Waals surface area contributed by atoms with Crippen LogP contribution in [0.3, 0.4) is 0 Å². The van der Waals surface area contributed by atoms with Crippen molar-refractivity contribution in [2.45, 2.75) is 26.8 Å². The molecular weight excluding hydrogens is 504 g/mol. The molecule has 10 heteroatoms. The van der Waals surface area contributed by atoms with Crippen LogP contribution in [0.2, 0.25) is 0 Å². The topological polar surface area (TPSA) is 126 Å². The van der Waals surface area contributed by atoms with Crippen molar-refractivity contribution in [3.63, 3.8) is 0 Å². The fraction of sp³-hybridized carbons (Fsp3) is 0.179. The number of non-ortho nitro benzene ring substituents is 1. The number of aryl methyl sites for hydroxylation is 2. The van der Waals surface area contributed by atoms with E-state index in [-0.39, 0.29) is 24.6 Å². The first-order chi connectivity index (χ1) is 18.2. The number of aliphatic carboxylic acids is 1. The highest BCUT2D eigenvalue weighted by atomic mass is 32.1. The molecule has 0 unspecified atom stereocenters. The highest BCUT2D eigenvalue weighted by Crippen LogP contribution is 2.34. The number of benzene rings is 3. The van der Waals surface area contributed by atoms with Crippen molar-refractivity contribution in [1.82, 2.24) is 10.3 Å². The Morgan fingerprint density at radius 3 is 2.37 bits per heavy atom. The third kappa shape index (κ3) is 6.40. The average Bonchev–Trinajstić information content (AvgIpc) is 3.39. The van der Waals surface area contributed by atoms with Gasteiger partial charge in [0.1, 0.15) is 0 Å². The minimum absolute atomic E-state index is 0.0278. The molecule has 1 aromatic heterocycles. The largest absolute Gasteiger partial charge is 0.481 e. The van der Waals surface area contributed by atoms with E-state index in [0.29, 0.717) is 12.1 Å². The zero-order chi connectivity index (χ0) is 27.2. The highest BCUT2D eigenvalue weighted by molar-refractivity contribution is 7.14. The van der Waals surface area contributed by atoms with Gasteiger partial charge in [-0.15, -0.1) is 11.3 Å². The number of thiazole rings is 1. The van der Waals surface area contributed by atoms with E-state index in [1.807, 2.05) is 23.6 Å². The van der Waals surface area contributed by atoms with E-state index >= 15 is 0 Å². The lowest BCUT2D eigenvalue weighted by atomic mass is 10.1. The van der Waals surface area contributed by atoms with Crippen molar-refractivity contribution in [3.05, 3.63) is 104 Å². The maximum Gasteiger partial charge on any atom is 0.305 e. The lowest BCUT2D eigenvalue weighted by Crippen LogP contribution is -2.26. The van der Waals surface area contributed by atoms with Crippen LogP contribution >= 0.6 is 11.3 Å². The van der Waals surface area contributed by atoms with E-state index in [9.17, 15) is 19.7 Å². The number of carbonyl (C=O) groups is 2. The number of nitrogens with one attached hydrogen (secondary N) is 1. The predicted octanol–water partition coefficient (Wildman–Crippen LogP) is 5.88. The number of carboxylic acids is 1. The summed E-state index contributed by atoms with van der Waals surface area (Å²) < 4.78 is 0. The molecule has 0 fully saturated rings. The first kappa shape index (κ1) is 26.5. The van der Waals surface area contributed by atoms with Gasteiger partial charge < -0.3 is 15.3 Å². The van der Waals surface area contributed by atoms with E-state index < -0.39 is 10.9 Å². The van der Waals surface area contributed by atoms with Crippen LogP contribution < -0.4 is 10.2 Å². The number of nitro benzene ring substituents is 1. The van der Waals surface area contributed by atoms with Crippen LogP contribution in [0.25, 0.3) is 11.3 Å². The molecule has 1 heterocycles. The molecule has 194 valence electrons. The molecule has 0 aliphatic carbocycles. The van der Waals surface area contributed by atoms with Crippen molar-refractivity contribution >= 4 is 39.7 Å². The number of carboxylic acid groups (broad SMARTS) is 1. The SMILES string of the molecule is Cc1ccc(N(Cc2ccc(C(=O)NCCC(=O)O)cc2)c2nc(-c3ccc([N+](=O)[O-])cc3)cs2)cc1C. The van der Waals surface area contributed by atoms with Crippen molar-refractivity contribution in [3.8, 4) is 11.3 Å². The molecule has 3 aromatic carbocycles. The van der Waals surface area contributed by atoms with Gasteiger partial charge in [-0.1, -0.05) is 18.2 Å². The second-order valence-corrected chi connectivity index (χ2v) is 9.61. The molecule has 0 spiro atoms. The summed E-state index contributed by atoms with van der Waals surface area (Å²) >= 11 is 1.48. The Labute approximate surface area is 223 Å². The number of anilines is 2. The van der Waals surface area contributed by atoms with Crippen molar-refractivity contribution in [2.75, 3.05) is 11.4 Å². The number of aromatic nitrogens is 1. The number of hydrogen-bond acceptors (Lipinski definition) is 7. The Morgan fingerprint density at radius 2 is 1.74 bits per heavy atom. The van der Waals surface area contributed by atoms with Crippen molar-refractivity contribution < 1.29 is 19.6 Å². The third-order valence-electron chi connectivity index (χ3n) is 6.08. The standard InChI is InChI=1S/C28H26N4O5S/c1-18-3-10-24(15-19(18)2)31(16-20-4-6-22(7-5-20)27(35)29-14-13-26(33)34)28-30-25(17-38-28)21-8-11-23(12-9-21)32(36)37/h3-12,15,17H,13-14,16H2,1-2H3,(H,29,35)(H,33,34). The van der Waals surface area contributed by atoms with E-state index in [4.69, 9.17) is 10.1 Å². The average molecular weight is 531 g/mol. The second-order valence-electron chi connectivity index (χ2n) is 8.77. The van der Waals surface area contributed by atoms with Gasteiger partial charge in [-0.05, 0) is 66.9 Å². The van der Waals surface area contributed by atoms with Crippen LogP contribution in [0.4, 0.5) is 16.5 Å². The molecule has 1 amide bonds. The Hall–Kier alpha value is -4.57. The number of amides is 1. The van der Waals surface area contributed by atoms with Gasteiger partial charge in [0.05, 0.1) is 23.6 Å². The molecule has 0 radical (unpaired) electrons. The minimum Gasteiger partial charge on any atom is -0.481 e. The number of nitrogens with zero attached hydrogens (tertiary/aromatic N) is 3. The maximum atomic E-state index is 12.3. The Morgan fingerprint density at radius 1 is 1.03 bits per heavy atom. The van der Waals surface area contributed by atoms with Crippen molar-refractivity contribution in [1.29, 1.82) is 0 Å². The van der Waals surface area contributed by atoms with E-state index in [1.165, 1.54) is 29.0 Å². The second kappa shape index (κ2) is 11.7. The molecule has 0 aliphatic heterocycles. The van der Waals surface area contributed by atoms with Gasteiger partial charge in [-0.25, -0.2) is 4.98 Å². The fourth-order valence-electron chi connectivity index (χ4n) is 3.77. The van der Waals surface area contributed by atoms with Gasteiger partial charge >= 0.3 is 5.97 Å². The summed E-state index contributed by atoms with van der Waals surface area (Å²) in [4.78, 5) is 40.5. The number of nitro groups is 1. The Bertz CT molecular complexity index is 1470. The van der Waals surface area contributed by atoms with E-state index in [0.717, 1.165) is 33.2 Å². The quantitative estimate of drug-likeness (QED) is 0.194. The van der Waals surface area contributed by atoms with Gasteiger partial charge in [0, 0.05) is 40.9 Å². The molecule has 4 rings (SSSR count). The molecule has 2 N–H and O–H groups in total. The Balaban J connectivity index is 1.59. The van der Waals surface area contributed by atoms with Gasteiger partial charge in [0.2, 0.25) is 0 Å². The van der Waals surface area contributed by atoms with E-state index in [2.05, 4.69) is 36.2 Å². The fourth-order valence-corrected chi connectivity index (χ4v) is 4.62. The molecule has 0 bridgehead atoms. The summed E-state index contributed by atoms with van der Waals surface area (Å²) in [5.41, 5.74) is 6.24. The van der Waals surface area contributed by atoms with Crippen LogP contribution in [0.5, 0.6) is 0 Å². The zero-order valence-corrected chi connectivity index (χ0v) is 21.7. The number of rotatable bonds is 10. The highest BCUT2D eigenvalue weighted by Gasteiger charge is 2.17. The molecule has 9 nitrogen and oxygen atoms in total. The molecule has 0 aliphatic rings. The van der Waals surface area contributed by atoms with Crippen LogP contribution in [-0.2, 0) is 11.3 Å². The summed E-state index contributed by atoms with van der Waals surface area (Å²) in [5.74, 6) is -1.29. The normalized spacial score (nSPS) is 10.7. The first-order valence-electron chi connectivity index (χ1n) is 11.9. The molecular formula is C28H26N4O5S. The summed E-state index contributed by atoms with van der Waals surface area (Å²) in [5, 5.41) is 25.0. The van der Waals surface area contributed by atoms with Crippen LogP contribution in [-0.4, -0.2) is 33.4 Å². The molecule has 0 saturated heterocycles. The maximum absolute atomic E-state index is 12.3. The molecule has 0 atom stereocenters. The summed E-state index contributed by atoms with van der Waals surface area (Å²) in [6, 6.07) is 19.7. The summed E-state index contributed by atoms with van der Waals surface area (Å²) in [6.07, 6.45) is -0.134. The predicted molar refractivity (Wildman–Crippen MR) is 147 cm³/mol. The monoisotopic (exact) mass is 530 g/mol. The molecule has 0 saturated carbocycles. The van der Waals surface area contributed by atoms with Crippen molar-refractivity contribution in [2.24, 2.45) is 0 Å². The zero-order valence-electron chi connectivity index (χ0n) is 20.9. The van der Waals surface area contributed by atoms with Gasteiger partial charge in [-0.2, -0.15) is 0 Å².